The van der Waals surface area contributed by atoms with Gasteiger partial charge in [0.2, 0.25) is 0 Å². The molecule has 0 aromatic heterocycles. The first-order valence-corrected chi connectivity index (χ1v) is 5.97. The Kier molecular flexibility index (Phi) is 4.09. The summed E-state index contributed by atoms with van der Waals surface area (Å²) in [6, 6.07) is 6.96. The Morgan fingerprint density at radius 1 is 1.47 bits per heavy atom. The van der Waals surface area contributed by atoms with E-state index in [2.05, 4.69) is 15.5 Å². The zero-order chi connectivity index (χ0) is 13.7. The molecule has 6 heteroatoms. The molecule has 1 unspecified atom stereocenters. The lowest BCUT2D eigenvalue weighted by Crippen LogP contribution is -2.46. The van der Waals surface area contributed by atoms with Gasteiger partial charge in [-0.15, -0.1) is 0 Å². The molecule has 1 atom stereocenters. The lowest BCUT2D eigenvalue weighted by molar-refractivity contribution is -0.134. The van der Waals surface area contributed by atoms with Crippen molar-refractivity contribution in [3.63, 3.8) is 0 Å². The number of hydrogen-bond acceptors (Lipinski definition) is 4. The number of nitrogens with zero attached hydrogens (tertiary/aromatic N) is 2. The van der Waals surface area contributed by atoms with Crippen molar-refractivity contribution in [1.82, 2.24) is 5.43 Å². The van der Waals surface area contributed by atoms with E-state index in [4.69, 9.17) is 11.6 Å². The molecule has 1 aliphatic rings. The Morgan fingerprint density at radius 2 is 2.21 bits per heavy atom. The summed E-state index contributed by atoms with van der Waals surface area (Å²) in [5.41, 5.74) is 1.43. The van der Waals surface area contributed by atoms with E-state index in [1.165, 1.54) is 24.6 Å². The van der Waals surface area contributed by atoms with Crippen LogP contribution in [0.5, 0.6) is 0 Å². The zero-order valence-electron chi connectivity index (χ0n) is 9.95. The predicted molar refractivity (Wildman–Crippen MR) is 74.6 cm³/mol. The first-order chi connectivity index (χ1) is 9.10. The summed E-state index contributed by atoms with van der Waals surface area (Å²) in [4.78, 5) is 15.6. The molecule has 0 saturated heterocycles. The minimum absolute atomic E-state index is 0.00814. The van der Waals surface area contributed by atoms with Crippen molar-refractivity contribution in [3.8, 4) is 0 Å². The molecule has 0 saturated carbocycles. The molecule has 5 nitrogen and oxygen atoms in total. The maximum Gasteiger partial charge on any atom is 0.277 e. The fraction of sp³-hybridized carbons (Fsp3) is 0.154. The van der Waals surface area contributed by atoms with E-state index in [0.717, 1.165) is 5.56 Å². The van der Waals surface area contributed by atoms with E-state index in [1.807, 2.05) is 0 Å². The minimum atomic E-state index is -1.63. The van der Waals surface area contributed by atoms with Gasteiger partial charge < -0.3 is 5.11 Å². The van der Waals surface area contributed by atoms with Gasteiger partial charge in [-0.2, -0.15) is 5.10 Å². The highest BCUT2D eigenvalue weighted by Gasteiger charge is 2.33. The normalized spacial score (nSPS) is 21.8. The Labute approximate surface area is 115 Å². The lowest BCUT2D eigenvalue weighted by atomic mass is 10.0. The largest absolute Gasteiger partial charge is 0.374 e. The van der Waals surface area contributed by atoms with Gasteiger partial charge in [-0.05, 0) is 29.8 Å². The van der Waals surface area contributed by atoms with Crippen LogP contribution in [-0.4, -0.2) is 35.6 Å². The molecule has 0 fully saturated rings. The van der Waals surface area contributed by atoms with Gasteiger partial charge in [0.25, 0.3) is 5.91 Å². The number of rotatable bonds is 3. The molecule has 1 aromatic rings. The molecule has 2 N–H and O–H groups in total. The molecule has 0 radical (unpaired) electrons. The molecule has 0 bridgehead atoms. The van der Waals surface area contributed by atoms with Crippen LogP contribution in [0.1, 0.15) is 5.56 Å². The van der Waals surface area contributed by atoms with E-state index in [1.54, 1.807) is 24.3 Å². The fourth-order valence-electron chi connectivity index (χ4n) is 1.47. The van der Waals surface area contributed by atoms with Crippen molar-refractivity contribution < 1.29 is 9.90 Å². The first-order valence-electron chi connectivity index (χ1n) is 5.59. The number of halogens is 1. The molecule has 1 heterocycles. The Balaban J connectivity index is 1.95. The van der Waals surface area contributed by atoms with Crippen LogP contribution >= 0.6 is 11.6 Å². The van der Waals surface area contributed by atoms with Crippen LogP contribution in [0.15, 0.2) is 46.5 Å². The van der Waals surface area contributed by atoms with Crippen LogP contribution in [0, 0.1) is 0 Å². The molecular weight excluding hydrogens is 266 g/mol. The van der Waals surface area contributed by atoms with Crippen molar-refractivity contribution in [2.75, 3.05) is 6.54 Å². The number of benzene rings is 1. The number of carbonyl (C=O) groups is 1. The number of aliphatic hydroxyl groups is 1. The van der Waals surface area contributed by atoms with Gasteiger partial charge in [-0.25, -0.2) is 5.43 Å². The molecular formula is C13H12ClN3O2. The summed E-state index contributed by atoms with van der Waals surface area (Å²) in [7, 11) is 0. The van der Waals surface area contributed by atoms with E-state index in [0.29, 0.717) is 5.02 Å². The number of carbonyl (C=O) groups excluding carboxylic acids is 1. The highest BCUT2D eigenvalue weighted by molar-refractivity contribution is 6.30. The van der Waals surface area contributed by atoms with Gasteiger partial charge in [0.1, 0.15) is 0 Å². The van der Waals surface area contributed by atoms with Crippen molar-refractivity contribution >= 4 is 29.9 Å². The molecule has 1 amide bonds. The second-order valence-electron chi connectivity index (χ2n) is 4.02. The van der Waals surface area contributed by atoms with E-state index in [9.17, 15) is 9.90 Å². The Hall–Kier alpha value is -1.98. The average Bonchev–Trinajstić information content (AvgIpc) is 2.42. The first kappa shape index (κ1) is 13.5. The van der Waals surface area contributed by atoms with Crippen molar-refractivity contribution in [3.05, 3.63) is 47.0 Å². The summed E-state index contributed by atoms with van der Waals surface area (Å²) in [6.07, 6.45) is 5.89. The quantitative estimate of drug-likeness (QED) is 0.643. The van der Waals surface area contributed by atoms with Crippen LogP contribution in [0.25, 0.3) is 0 Å². The molecule has 1 aliphatic heterocycles. The average molecular weight is 278 g/mol. The third-order valence-electron chi connectivity index (χ3n) is 2.54. The standard InChI is InChI=1S/C13H12ClN3O2/c14-11-4-2-10(3-5-11)8-16-17-12(18)13(19)6-1-7-15-9-13/h1-8,19H,9H2,(H,17,18). The maximum absolute atomic E-state index is 11.7. The SMILES string of the molecule is O=C(NN=Cc1ccc(Cl)cc1)C1(O)C=CC=NC1. The minimum Gasteiger partial charge on any atom is -0.374 e. The van der Waals surface area contributed by atoms with Gasteiger partial charge in [0.15, 0.2) is 5.60 Å². The molecule has 1 aromatic carbocycles. The van der Waals surface area contributed by atoms with E-state index >= 15 is 0 Å². The van der Waals surface area contributed by atoms with Crippen molar-refractivity contribution in [2.24, 2.45) is 10.1 Å². The molecule has 0 aliphatic carbocycles. The van der Waals surface area contributed by atoms with Crippen LogP contribution in [-0.2, 0) is 4.79 Å². The second kappa shape index (κ2) is 5.77. The van der Waals surface area contributed by atoms with Crippen molar-refractivity contribution in [1.29, 1.82) is 0 Å². The Morgan fingerprint density at radius 3 is 2.84 bits per heavy atom. The third-order valence-corrected chi connectivity index (χ3v) is 2.79. The summed E-state index contributed by atoms with van der Waals surface area (Å²) in [6.45, 7) is -0.00814. The monoisotopic (exact) mass is 277 g/mol. The third kappa shape index (κ3) is 3.49. The smallest absolute Gasteiger partial charge is 0.277 e. The number of nitrogens with one attached hydrogen (secondary N) is 1. The zero-order valence-corrected chi connectivity index (χ0v) is 10.7. The van der Waals surface area contributed by atoms with Gasteiger partial charge in [-0.1, -0.05) is 23.7 Å². The Bertz CT molecular complexity index is 552. The van der Waals surface area contributed by atoms with Crippen LogP contribution in [0.2, 0.25) is 5.02 Å². The van der Waals surface area contributed by atoms with Crippen LogP contribution in [0.4, 0.5) is 0 Å². The predicted octanol–water partition coefficient (Wildman–Crippen LogP) is 1.16. The number of hydrogen-bond donors (Lipinski definition) is 2. The number of allylic oxidation sites excluding steroid dienone is 1. The molecule has 2 rings (SSSR count). The van der Waals surface area contributed by atoms with Crippen LogP contribution in [0.3, 0.4) is 0 Å². The van der Waals surface area contributed by atoms with E-state index in [-0.39, 0.29) is 6.54 Å². The van der Waals surface area contributed by atoms with E-state index < -0.39 is 11.5 Å². The number of dihydropyridines is 1. The van der Waals surface area contributed by atoms with Gasteiger partial charge in [0.05, 0.1) is 12.8 Å². The molecule has 19 heavy (non-hydrogen) atoms. The van der Waals surface area contributed by atoms with Crippen LogP contribution < -0.4 is 5.43 Å². The fourth-order valence-corrected chi connectivity index (χ4v) is 1.59. The van der Waals surface area contributed by atoms with Gasteiger partial charge >= 0.3 is 0 Å². The number of aliphatic imine (C=N–C) groups is 1. The topological polar surface area (TPSA) is 74.0 Å². The van der Waals surface area contributed by atoms with Gasteiger partial charge in [0, 0.05) is 11.2 Å². The van der Waals surface area contributed by atoms with Crippen molar-refractivity contribution in [2.45, 2.75) is 5.60 Å². The molecule has 98 valence electrons. The summed E-state index contributed by atoms with van der Waals surface area (Å²) in [5.74, 6) is -0.620. The lowest BCUT2D eigenvalue weighted by Gasteiger charge is -2.21. The summed E-state index contributed by atoms with van der Waals surface area (Å²) in [5, 5.41) is 14.4. The maximum atomic E-state index is 11.7. The highest BCUT2D eigenvalue weighted by Crippen LogP contribution is 2.11. The molecule has 0 spiro atoms. The van der Waals surface area contributed by atoms with Gasteiger partial charge in [-0.3, -0.25) is 9.79 Å². The summed E-state index contributed by atoms with van der Waals surface area (Å²) < 4.78 is 0. The summed E-state index contributed by atoms with van der Waals surface area (Å²) >= 11 is 5.75. The second-order valence-corrected chi connectivity index (χ2v) is 4.46. The number of hydrazone groups is 1. The highest BCUT2D eigenvalue weighted by atomic mass is 35.5. The number of amides is 1.